The van der Waals surface area contributed by atoms with Gasteiger partial charge in [0.15, 0.2) is 0 Å². The summed E-state index contributed by atoms with van der Waals surface area (Å²) in [5.41, 5.74) is 2.49. The lowest BCUT2D eigenvalue weighted by atomic mass is 10.1. The zero-order valence-corrected chi connectivity index (χ0v) is 9.50. The molecule has 84 valence electrons. The maximum absolute atomic E-state index is 10.6. The average molecular weight is 217 g/mol. The number of carbonyl (C=O) groups excluding carboxylic acids is 1. The third kappa shape index (κ3) is 3.62. The van der Waals surface area contributed by atoms with Gasteiger partial charge in [-0.2, -0.15) is 5.26 Å². The summed E-state index contributed by atoms with van der Waals surface area (Å²) in [7, 11) is 0. The van der Waals surface area contributed by atoms with Crippen LogP contribution in [0.25, 0.3) is 0 Å². The van der Waals surface area contributed by atoms with Gasteiger partial charge in [-0.05, 0) is 24.6 Å². The third-order valence-electron chi connectivity index (χ3n) is 2.11. The molecule has 0 heterocycles. The number of benzene rings is 1. The van der Waals surface area contributed by atoms with Crippen molar-refractivity contribution in [1.29, 1.82) is 5.26 Å². The number of carbonyl (C=O) groups is 1. The lowest BCUT2D eigenvalue weighted by molar-refractivity contribution is -0.118. The standard InChI is InChI=1S/C12H15N3O/c1-9-3-4-12(11(7-9)8-13)15-6-5-14-10(2)16/h3-4,7,15H,5-6H2,1-2H3,(H,14,16). The number of hydrogen-bond acceptors (Lipinski definition) is 3. The van der Waals surface area contributed by atoms with E-state index in [0.717, 1.165) is 11.3 Å². The van der Waals surface area contributed by atoms with E-state index in [2.05, 4.69) is 16.7 Å². The number of aryl methyl sites for hydroxylation is 1. The number of rotatable bonds is 4. The normalized spacial score (nSPS) is 9.31. The summed E-state index contributed by atoms with van der Waals surface area (Å²) in [6.45, 7) is 4.58. The van der Waals surface area contributed by atoms with Crippen LogP contribution in [0, 0.1) is 18.3 Å². The first kappa shape index (κ1) is 12.1. The van der Waals surface area contributed by atoms with Crippen molar-refractivity contribution < 1.29 is 4.79 Å². The van der Waals surface area contributed by atoms with Gasteiger partial charge in [0.1, 0.15) is 6.07 Å². The summed E-state index contributed by atoms with van der Waals surface area (Å²) in [6.07, 6.45) is 0. The van der Waals surface area contributed by atoms with E-state index in [4.69, 9.17) is 5.26 Å². The minimum absolute atomic E-state index is 0.0498. The predicted octanol–water partition coefficient (Wildman–Crippen LogP) is 1.41. The van der Waals surface area contributed by atoms with Crippen molar-refractivity contribution in [3.8, 4) is 6.07 Å². The zero-order chi connectivity index (χ0) is 12.0. The molecule has 16 heavy (non-hydrogen) atoms. The summed E-state index contributed by atoms with van der Waals surface area (Å²) in [5.74, 6) is -0.0498. The van der Waals surface area contributed by atoms with Crippen molar-refractivity contribution in [2.45, 2.75) is 13.8 Å². The molecule has 0 fully saturated rings. The average Bonchev–Trinajstić information content (AvgIpc) is 2.25. The molecule has 0 aromatic heterocycles. The lowest BCUT2D eigenvalue weighted by Gasteiger charge is -2.08. The number of hydrogen-bond donors (Lipinski definition) is 2. The molecule has 1 amide bonds. The van der Waals surface area contributed by atoms with Gasteiger partial charge in [0.05, 0.1) is 11.3 Å². The van der Waals surface area contributed by atoms with Crippen LogP contribution in [0.5, 0.6) is 0 Å². The summed E-state index contributed by atoms with van der Waals surface area (Å²) in [4.78, 5) is 10.6. The van der Waals surface area contributed by atoms with Crippen LogP contribution >= 0.6 is 0 Å². The molecule has 0 atom stereocenters. The number of nitriles is 1. The van der Waals surface area contributed by atoms with Crippen LogP contribution in [0.2, 0.25) is 0 Å². The topological polar surface area (TPSA) is 64.9 Å². The van der Waals surface area contributed by atoms with Gasteiger partial charge in [-0.15, -0.1) is 0 Å². The Labute approximate surface area is 95.3 Å². The third-order valence-corrected chi connectivity index (χ3v) is 2.11. The maximum Gasteiger partial charge on any atom is 0.216 e. The second-order valence-corrected chi connectivity index (χ2v) is 3.57. The maximum atomic E-state index is 10.6. The van der Waals surface area contributed by atoms with Gasteiger partial charge >= 0.3 is 0 Å². The van der Waals surface area contributed by atoms with E-state index in [-0.39, 0.29) is 5.91 Å². The van der Waals surface area contributed by atoms with E-state index >= 15 is 0 Å². The minimum Gasteiger partial charge on any atom is -0.382 e. The summed E-state index contributed by atoms with van der Waals surface area (Å²) < 4.78 is 0. The number of anilines is 1. The monoisotopic (exact) mass is 217 g/mol. The molecule has 4 nitrogen and oxygen atoms in total. The van der Waals surface area contributed by atoms with Crippen LogP contribution in [-0.4, -0.2) is 19.0 Å². The van der Waals surface area contributed by atoms with Crippen LogP contribution in [0.15, 0.2) is 18.2 Å². The van der Waals surface area contributed by atoms with Gasteiger partial charge < -0.3 is 10.6 Å². The molecule has 0 saturated heterocycles. The highest BCUT2D eigenvalue weighted by molar-refractivity contribution is 5.72. The van der Waals surface area contributed by atoms with Crippen molar-refractivity contribution in [1.82, 2.24) is 5.32 Å². The molecule has 0 saturated carbocycles. The Morgan fingerprint density at radius 2 is 2.19 bits per heavy atom. The first-order valence-corrected chi connectivity index (χ1v) is 5.12. The van der Waals surface area contributed by atoms with Crippen molar-refractivity contribution in [2.24, 2.45) is 0 Å². The van der Waals surface area contributed by atoms with Crippen molar-refractivity contribution >= 4 is 11.6 Å². The van der Waals surface area contributed by atoms with Crippen LogP contribution in [0.1, 0.15) is 18.1 Å². The Balaban J connectivity index is 2.54. The van der Waals surface area contributed by atoms with E-state index in [9.17, 15) is 4.79 Å². The molecule has 0 aliphatic rings. The molecule has 0 unspecified atom stereocenters. The van der Waals surface area contributed by atoms with Crippen LogP contribution in [0.3, 0.4) is 0 Å². The first-order chi connectivity index (χ1) is 7.63. The molecule has 0 spiro atoms. The molecule has 1 aromatic carbocycles. The highest BCUT2D eigenvalue weighted by atomic mass is 16.1. The highest BCUT2D eigenvalue weighted by Crippen LogP contribution is 2.15. The lowest BCUT2D eigenvalue weighted by Crippen LogP contribution is -2.26. The quantitative estimate of drug-likeness (QED) is 0.749. The van der Waals surface area contributed by atoms with Crippen LogP contribution < -0.4 is 10.6 Å². The predicted molar refractivity (Wildman–Crippen MR) is 63.1 cm³/mol. The Kier molecular flexibility index (Phi) is 4.34. The fourth-order valence-electron chi connectivity index (χ4n) is 1.34. The van der Waals surface area contributed by atoms with Crippen LogP contribution in [-0.2, 0) is 4.79 Å². The van der Waals surface area contributed by atoms with Crippen molar-refractivity contribution in [3.63, 3.8) is 0 Å². The summed E-state index contributed by atoms with van der Waals surface area (Å²) in [6, 6.07) is 7.79. The van der Waals surface area contributed by atoms with Gasteiger partial charge in [0, 0.05) is 20.0 Å². The smallest absolute Gasteiger partial charge is 0.216 e. The SMILES string of the molecule is CC(=O)NCCNc1ccc(C)cc1C#N. The van der Waals surface area contributed by atoms with E-state index in [1.807, 2.05) is 25.1 Å². The molecule has 1 aromatic rings. The largest absolute Gasteiger partial charge is 0.382 e. The Hall–Kier alpha value is -2.02. The van der Waals surface area contributed by atoms with Gasteiger partial charge in [-0.3, -0.25) is 4.79 Å². The van der Waals surface area contributed by atoms with Gasteiger partial charge in [-0.25, -0.2) is 0 Å². The van der Waals surface area contributed by atoms with E-state index < -0.39 is 0 Å². The second-order valence-electron chi connectivity index (χ2n) is 3.57. The highest BCUT2D eigenvalue weighted by Gasteiger charge is 2.00. The molecule has 0 bridgehead atoms. The molecule has 4 heteroatoms. The molecule has 1 rings (SSSR count). The molecule has 0 radical (unpaired) electrons. The van der Waals surface area contributed by atoms with Crippen molar-refractivity contribution in [3.05, 3.63) is 29.3 Å². The molecule has 0 aliphatic heterocycles. The zero-order valence-electron chi connectivity index (χ0n) is 9.50. The van der Waals surface area contributed by atoms with Gasteiger partial charge in [0.25, 0.3) is 0 Å². The summed E-state index contributed by atoms with van der Waals surface area (Å²) >= 11 is 0. The Bertz CT molecular complexity index is 421. The molecular weight excluding hydrogens is 202 g/mol. The van der Waals surface area contributed by atoms with Gasteiger partial charge in [0.2, 0.25) is 5.91 Å². The van der Waals surface area contributed by atoms with E-state index in [0.29, 0.717) is 18.7 Å². The minimum atomic E-state index is -0.0498. The van der Waals surface area contributed by atoms with E-state index in [1.54, 1.807) is 0 Å². The van der Waals surface area contributed by atoms with Crippen LogP contribution in [0.4, 0.5) is 5.69 Å². The Morgan fingerprint density at radius 3 is 2.81 bits per heavy atom. The van der Waals surface area contributed by atoms with E-state index in [1.165, 1.54) is 6.92 Å². The number of amides is 1. The van der Waals surface area contributed by atoms with Gasteiger partial charge in [-0.1, -0.05) is 6.07 Å². The second kappa shape index (κ2) is 5.76. The van der Waals surface area contributed by atoms with Crippen molar-refractivity contribution in [2.75, 3.05) is 18.4 Å². The Morgan fingerprint density at radius 1 is 1.44 bits per heavy atom. The number of nitrogens with one attached hydrogen (secondary N) is 2. The molecular formula is C12H15N3O. The molecule has 2 N–H and O–H groups in total. The fraction of sp³-hybridized carbons (Fsp3) is 0.333. The first-order valence-electron chi connectivity index (χ1n) is 5.12. The summed E-state index contributed by atoms with van der Waals surface area (Å²) in [5, 5.41) is 14.7. The molecule has 0 aliphatic carbocycles. The fourth-order valence-corrected chi connectivity index (χ4v) is 1.34. The number of nitrogens with zero attached hydrogens (tertiary/aromatic N) is 1.